The minimum Gasteiger partial charge on any atom is -0.307 e. The fraction of sp³-hybridized carbons (Fsp3) is 0.0588. The van der Waals surface area contributed by atoms with Crippen molar-refractivity contribution in [3.05, 3.63) is 65.7 Å². The Hall–Kier alpha value is -2.96. The number of anilines is 2. The molecule has 3 N–H and O–H groups in total. The summed E-state index contributed by atoms with van der Waals surface area (Å²) in [6.07, 6.45) is 1.47. The van der Waals surface area contributed by atoms with Crippen molar-refractivity contribution >= 4 is 48.2 Å². The molecule has 9 nitrogen and oxygen atoms in total. The van der Waals surface area contributed by atoms with E-state index in [1.54, 1.807) is 17.5 Å². The van der Waals surface area contributed by atoms with Crippen molar-refractivity contribution < 1.29 is 21.6 Å². The molecule has 3 aromatic rings. The quantitative estimate of drug-likeness (QED) is 0.526. The molecule has 152 valence electrons. The zero-order chi connectivity index (χ0) is 21.1. The molecule has 0 atom stereocenters. The monoisotopic (exact) mass is 452 g/mol. The zero-order valence-electron chi connectivity index (χ0n) is 15.0. The van der Waals surface area contributed by atoms with Crippen LogP contribution < -0.4 is 14.8 Å². The second-order valence-corrected chi connectivity index (χ2v) is 10.1. The second-order valence-electron chi connectivity index (χ2n) is 5.84. The van der Waals surface area contributed by atoms with Gasteiger partial charge in [-0.3, -0.25) is 4.72 Å². The predicted octanol–water partition coefficient (Wildman–Crippen LogP) is 2.76. The first-order valence-electron chi connectivity index (χ1n) is 8.08. The lowest BCUT2D eigenvalue weighted by molar-refractivity contribution is 0.256. The highest BCUT2D eigenvalue weighted by Gasteiger charge is 2.18. The average Bonchev–Trinajstić information content (AvgIpc) is 3.14. The summed E-state index contributed by atoms with van der Waals surface area (Å²) in [4.78, 5) is 15.8. The standard InChI is InChI=1S/C17H16N4O5S3/c1-12-2-6-14(7-3-12)28(23,24)20-16(22)19-13-4-8-15(9-5-13)29(25,26)21-17-18-10-11-27-17/h2-11H,1H3,(H,18,21)(H2,19,20,22). The number of hydrogen-bond donors (Lipinski definition) is 3. The van der Waals surface area contributed by atoms with Crippen LogP contribution in [-0.2, 0) is 20.0 Å². The average molecular weight is 453 g/mol. The Kier molecular flexibility index (Phi) is 5.86. The minimum absolute atomic E-state index is 0.0362. The summed E-state index contributed by atoms with van der Waals surface area (Å²) < 4.78 is 53.2. The highest BCUT2D eigenvalue weighted by Crippen LogP contribution is 2.19. The smallest absolute Gasteiger partial charge is 0.307 e. The van der Waals surface area contributed by atoms with E-state index in [4.69, 9.17) is 0 Å². The van der Waals surface area contributed by atoms with Crippen LogP contribution in [-0.4, -0.2) is 27.9 Å². The van der Waals surface area contributed by atoms with Crippen molar-refractivity contribution in [1.29, 1.82) is 0 Å². The summed E-state index contributed by atoms with van der Waals surface area (Å²) in [5, 5.41) is 4.21. The summed E-state index contributed by atoms with van der Waals surface area (Å²) in [6, 6.07) is 10.3. The van der Waals surface area contributed by atoms with Crippen LogP contribution in [0, 0.1) is 6.92 Å². The van der Waals surface area contributed by atoms with Crippen LogP contribution in [0.3, 0.4) is 0 Å². The van der Waals surface area contributed by atoms with Gasteiger partial charge < -0.3 is 5.32 Å². The lowest BCUT2D eigenvalue weighted by Gasteiger charge is -2.10. The number of aryl methyl sites for hydroxylation is 1. The van der Waals surface area contributed by atoms with E-state index in [1.165, 1.54) is 42.6 Å². The van der Waals surface area contributed by atoms with E-state index in [1.807, 2.05) is 11.6 Å². The third kappa shape index (κ3) is 5.31. The molecule has 1 aromatic heterocycles. The zero-order valence-corrected chi connectivity index (χ0v) is 17.4. The summed E-state index contributed by atoms with van der Waals surface area (Å²) in [5.41, 5.74) is 1.10. The third-order valence-electron chi connectivity index (χ3n) is 3.63. The second kappa shape index (κ2) is 8.19. The molecular weight excluding hydrogens is 436 g/mol. The van der Waals surface area contributed by atoms with Gasteiger partial charge in [0.1, 0.15) is 0 Å². The van der Waals surface area contributed by atoms with E-state index in [2.05, 4.69) is 15.0 Å². The number of nitrogens with zero attached hydrogens (tertiary/aromatic N) is 1. The Labute approximate surface area is 171 Å². The molecule has 0 radical (unpaired) electrons. The van der Waals surface area contributed by atoms with E-state index in [-0.39, 0.29) is 20.6 Å². The van der Waals surface area contributed by atoms with Crippen LogP contribution in [0.15, 0.2) is 69.9 Å². The summed E-state index contributed by atoms with van der Waals surface area (Å²) in [5.74, 6) is 0. The summed E-state index contributed by atoms with van der Waals surface area (Å²) in [7, 11) is -7.85. The van der Waals surface area contributed by atoms with Crippen molar-refractivity contribution in [1.82, 2.24) is 9.71 Å². The molecule has 12 heteroatoms. The number of aromatic nitrogens is 1. The van der Waals surface area contributed by atoms with Gasteiger partial charge in [0, 0.05) is 17.3 Å². The van der Waals surface area contributed by atoms with Crippen molar-refractivity contribution in [2.75, 3.05) is 10.0 Å². The van der Waals surface area contributed by atoms with Gasteiger partial charge in [0.15, 0.2) is 5.13 Å². The molecule has 0 bridgehead atoms. The van der Waals surface area contributed by atoms with Crippen LogP contribution >= 0.6 is 11.3 Å². The topological polar surface area (TPSA) is 134 Å². The molecule has 0 unspecified atom stereocenters. The van der Waals surface area contributed by atoms with Gasteiger partial charge in [-0.25, -0.2) is 31.3 Å². The number of hydrogen-bond acceptors (Lipinski definition) is 7. The van der Waals surface area contributed by atoms with Crippen molar-refractivity contribution in [2.45, 2.75) is 16.7 Å². The first-order chi connectivity index (χ1) is 13.7. The van der Waals surface area contributed by atoms with Gasteiger partial charge in [-0.1, -0.05) is 17.7 Å². The Bertz CT molecular complexity index is 1210. The fourth-order valence-corrected chi connectivity index (χ4v) is 4.92. The van der Waals surface area contributed by atoms with E-state index >= 15 is 0 Å². The molecule has 29 heavy (non-hydrogen) atoms. The predicted molar refractivity (Wildman–Crippen MR) is 110 cm³/mol. The van der Waals surface area contributed by atoms with Gasteiger partial charge in [0.25, 0.3) is 20.0 Å². The minimum atomic E-state index is -4.03. The number of benzene rings is 2. The molecule has 0 saturated heterocycles. The number of sulfonamides is 2. The molecule has 0 aliphatic rings. The van der Waals surface area contributed by atoms with Crippen molar-refractivity contribution in [3.8, 4) is 0 Å². The normalized spacial score (nSPS) is 11.6. The lowest BCUT2D eigenvalue weighted by atomic mass is 10.2. The van der Waals surface area contributed by atoms with Crippen molar-refractivity contribution in [2.24, 2.45) is 0 Å². The van der Waals surface area contributed by atoms with Crippen molar-refractivity contribution in [3.63, 3.8) is 0 Å². The third-order valence-corrected chi connectivity index (χ3v) is 7.15. The number of carbonyl (C=O) groups is 1. The molecule has 0 aliphatic carbocycles. The Morgan fingerprint density at radius 2 is 1.48 bits per heavy atom. The SMILES string of the molecule is Cc1ccc(S(=O)(=O)NC(=O)Nc2ccc(S(=O)(=O)Nc3nccs3)cc2)cc1. The van der Waals surface area contributed by atoms with Crippen LogP contribution in [0.25, 0.3) is 0 Å². The first kappa shape index (κ1) is 20.8. The van der Waals surface area contributed by atoms with Gasteiger partial charge in [-0.2, -0.15) is 0 Å². The van der Waals surface area contributed by atoms with Crippen LogP contribution in [0.5, 0.6) is 0 Å². The fourth-order valence-electron chi connectivity index (χ4n) is 2.22. The Morgan fingerprint density at radius 1 is 0.897 bits per heavy atom. The van der Waals surface area contributed by atoms with Gasteiger partial charge in [-0.15, -0.1) is 11.3 Å². The first-order valence-corrected chi connectivity index (χ1v) is 11.9. The van der Waals surface area contributed by atoms with Gasteiger partial charge in [0.05, 0.1) is 9.79 Å². The van der Waals surface area contributed by atoms with Gasteiger partial charge in [0.2, 0.25) is 0 Å². The maximum atomic E-state index is 12.3. The number of amides is 2. The highest BCUT2D eigenvalue weighted by atomic mass is 32.2. The molecule has 0 saturated carbocycles. The van der Waals surface area contributed by atoms with Crippen LogP contribution in [0.4, 0.5) is 15.6 Å². The Balaban J connectivity index is 1.66. The number of carbonyl (C=O) groups excluding carboxylic acids is 1. The Morgan fingerprint density at radius 3 is 2.07 bits per heavy atom. The maximum absolute atomic E-state index is 12.3. The van der Waals surface area contributed by atoms with E-state index in [0.29, 0.717) is 0 Å². The largest absolute Gasteiger partial charge is 0.333 e. The summed E-state index contributed by atoms with van der Waals surface area (Å²) in [6.45, 7) is 1.81. The molecule has 0 aliphatic heterocycles. The van der Waals surface area contributed by atoms with E-state index in [0.717, 1.165) is 16.9 Å². The molecule has 0 spiro atoms. The highest BCUT2D eigenvalue weighted by molar-refractivity contribution is 7.93. The number of rotatable bonds is 6. The number of nitrogens with one attached hydrogen (secondary N) is 3. The molecule has 2 aromatic carbocycles. The van der Waals surface area contributed by atoms with E-state index < -0.39 is 26.1 Å². The maximum Gasteiger partial charge on any atom is 0.333 e. The van der Waals surface area contributed by atoms with Gasteiger partial charge >= 0.3 is 6.03 Å². The molecule has 1 heterocycles. The molecular formula is C17H16N4O5S3. The molecule has 0 fully saturated rings. The lowest BCUT2D eigenvalue weighted by Crippen LogP contribution is -2.34. The van der Waals surface area contributed by atoms with E-state index in [9.17, 15) is 21.6 Å². The van der Waals surface area contributed by atoms with Crippen LogP contribution in [0.2, 0.25) is 0 Å². The molecule has 2 amide bonds. The van der Waals surface area contributed by atoms with Crippen LogP contribution in [0.1, 0.15) is 5.56 Å². The molecule has 3 rings (SSSR count). The number of urea groups is 1. The summed E-state index contributed by atoms with van der Waals surface area (Å²) >= 11 is 1.14. The number of thiazole rings is 1. The van der Waals surface area contributed by atoms with Gasteiger partial charge in [-0.05, 0) is 43.3 Å².